The van der Waals surface area contributed by atoms with Crippen LogP contribution in [0, 0.1) is 5.82 Å². The minimum absolute atomic E-state index is 0.0197. The molecule has 0 aromatic heterocycles. The van der Waals surface area contributed by atoms with Crippen molar-refractivity contribution in [3.8, 4) is 0 Å². The maximum atomic E-state index is 13.8. The first-order valence-corrected chi connectivity index (χ1v) is 13.0. The average molecular weight is 570 g/mol. The van der Waals surface area contributed by atoms with Gasteiger partial charge in [-0.05, 0) is 67.4 Å². The van der Waals surface area contributed by atoms with Gasteiger partial charge in [-0.25, -0.2) is 9.18 Å². The van der Waals surface area contributed by atoms with E-state index in [1.54, 1.807) is 0 Å². The van der Waals surface area contributed by atoms with Crippen LogP contribution in [0.4, 0.5) is 39.4 Å². The first-order valence-electron chi connectivity index (χ1n) is 13.0. The van der Waals surface area contributed by atoms with E-state index in [2.05, 4.69) is 10.6 Å². The number of benzene rings is 3. The summed E-state index contributed by atoms with van der Waals surface area (Å²) in [6, 6.07) is 18.4. The Hall–Kier alpha value is -4.61. The third kappa shape index (κ3) is 5.96. The summed E-state index contributed by atoms with van der Waals surface area (Å²) in [5, 5.41) is 5.19. The lowest BCUT2D eigenvalue weighted by molar-refractivity contribution is -0.137. The zero-order valence-electron chi connectivity index (χ0n) is 21.8. The molecular formula is C29H27F4N5O3. The zero-order valence-corrected chi connectivity index (χ0v) is 21.8. The summed E-state index contributed by atoms with van der Waals surface area (Å²) < 4.78 is 52.4. The van der Waals surface area contributed by atoms with Crippen LogP contribution < -0.4 is 15.5 Å². The Balaban J connectivity index is 1.29. The predicted molar refractivity (Wildman–Crippen MR) is 145 cm³/mol. The number of carbonyl (C=O) groups is 3. The number of para-hydroxylation sites is 1. The number of alkyl halides is 3. The molecule has 0 bridgehead atoms. The van der Waals surface area contributed by atoms with E-state index in [4.69, 9.17) is 0 Å². The number of halogens is 4. The Kier molecular flexibility index (Phi) is 7.57. The topological polar surface area (TPSA) is 85.0 Å². The summed E-state index contributed by atoms with van der Waals surface area (Å²) in [7, 11) is 0. The first-order chi connectivity index (χ1) is 19.5. The second-order valence-electron chi connectivity index (χ2n) is 9.99. The molecule has 2 N–H and O–H groups in total. The van der Waals surface area contributed by atoms with E-state index < -0.39 is 35.0 Å². The molecule has 0 aliphatic carbocycles. The molecule has 0 unspecified atom stereocenters. The number of hydrogen-bond acceptors (Lipinski definition) is 4. The van der Waals surface area contributed by atoms with Crippen LogP contribution >= 0.6 is 0 Å². The molecule has 3 aromatic rings. The highest BCUT2D eigenvalue weighted by Gasteiger charge is 2.54. The quantitative estimate of drug-likeness (QED) is 0.416. The molecule has 12 heteroatoms. The SMILES string of the molecule is O=C(CN1CN(c2ccccc2)C2(CCN(C(=O)Nc3cccc(C(F)(F)F)c3)CC2)C1=O)Nc1ccc(F)cc1. The predicted octanol–water partition coefficient (Wildman–Crippen LogP) is 5.16. The van der Waals surface area contributed by atoms with Crippen molar-refractivity contribution in [1.29, 1.82) is 0 Å². The van der Waals surface area contributed by atoms with Gasteiger partial charge in [0.1, 0.15) is 17.9 Å². The fourth-order valence-corrected chi connectivity index (χ4v) is 5.28. The van der Waals surface area contributed by atoms with Gasteiger partial charge in [-0.15, -0.1) is 0 Å². The van der Waals surface area contributed by atoms with Crippen LogP contribution in [-0.4, -0.2) is 59.5 Å². The standard InChI is InChI=1S/C29H27F4N5O3/c30-21-9-11-22(12-10-21)34-25(39)18-37-19-38(24-7-2-1-3-8-24)28(26(37)40)13-15-36(16-14-28)27(41)35-23-6-4-5-20(17-23)29(31,32)33/h1-12,17H,13-16,18-19H2,(H,34,39)(H,35,41). The smallest absolute Gasteiger partial charge is 0.339 e. The van der Waals surface area contributed by atoms with Crippen molar-refractivity contribution in [2.45, 2.75) is 24.6 Å². The van der Waals surface area contributed by atoms with Gasteiger partial charge in [-0.1, -0.05) is 24.3 Å². The first kappa shape index (κ1) is 27.9. The summed E-state index contributed by atoms with van der Waals surface area (Å²) in [6.45, 7) is 0.280. The van der Waals surface area contributed by atoms with Crippen molar-refractivity contribution in [3.05, 3.63) is 90.2 Å². The number of amides is 4. The Morgan fingerprint density at radius 2 is 1.54 bits per heavy atom. The van der Waals surface area contributed by atoms with Crippen LogP contribution in [0.3, 0.4) is 0 Å². The van der Waals surface area contributed by atoms with Crippen molar-refractivity contribution in [3.63, 3.8) is 0 Å². The van der Waals surface area contributed by atoms with Gasteiger partial charge >= 0.3 is 12.2 Å². The number of nitrogens with zero attached hydrogens (tertiary/aromatic N) is 3. The van der Waals surface area contributed by atoms with Gasteiger partial charge in [0.05, 0.1) is 12.2 Å². The highest BCUT2D eigenvalue weighted by Crippen LogP contribution is 2.39. The Morgan fingerprint density at radius 3 is 2.20 bits per heavy atom. The fraction of sp³-hybridized carbons (Fsp3) is 0.276. The maximum Gasteiger partial charge on any atom is 0.416 e. The number of urea groups is 1. The third-order valence-corrected chi connectivity index (χ3v) is 7.36. The summed E-state index contributed by atoms with van der Waals surface area (Å²) in [6.07, 6.45) is -4.02. The zero-order chi connectivity index (χ0) is 29.2. The molecule has 5 rings (SSSR count). The lowest BCUT2D eigenvalue weighted by Gasteiger charge is -2.43. The van der Waals surface area contributed by atoms with E-state index >= 15 is 0 Å². The van der Waals surface area contributed by atoms with Crippen LogP contribution in [-0.2, 0) is 15.8 Å². The van der Waals surface area contributed by atoms with Crippen molar-refractivity contribution < 1.29 is 31.9 Å². The van der Waals surface area contributed by atoms with E-state index in [1.165, 1.54) is 46.2 Å². The second-order valence-corrected chi connectivity index (χ2v) is 9.99. The van der Waals surface area contributed by atoms with Crippen LogP contribution in [0.15, 0.2) is 78.9 Å². The number of piperidine rings is 1. The van der Waals surface area contributed by atoms with Crippen molar-refractivity contribution >= 4 is 34.9 Å². The molecule has 2 aliphatic heterocycles. The molecule has 2 fully saturated rings. The second kappa shape index (κ2) is 11.1. The summed E-state index contributed by atoms with van der Waals surface area (Å²) in [5.41, 5.74) is -0.676. The number of hydrogen-bond donors (Lipinski definition) is 2. The molecule has 1 spiro atoms. The summed E-state index contributed by atoms with van der Waals surface area (Å²) >= 11 is 0. The van der Waals surface area contributed by atoms with E-state index in [0.29, 0.717) is 5.69 Å². The van der Waals surface area contributed by atoms with E-state index in [0.717, 1.165) is 17.8 Å². The maximum absolute atomic E-state index is 13.8. The van der Waals surface area contributed by atoms with Gasteiger partial charge in [-0.2, -0.15) is 13.2 Å². The molecule has 214 valence electrons. The number of nitrogens with one attached hydrogen (secondary N) is 2. The molecule has 4 amide bonds. The van der Waals surface area contributed by atoms with E-state index in [9.17, 15) is 31.9 Å². The molecular weight excluding hydrogens is 542 g/mol. The minimum atomic E-state index is -4.54. The van der Waals surface area contributed by atoms with E-state index in [-0.39, 0.29) is 50.7 Å². The molecule has 8 nitrogen and oxygen atoms in total. The average Bonchev–Trinajstić information content (AvgIpc) is 3.21. The number of rotatable bonds is 5. The van der Waals surface area contributed by atoms with Crippen LogP contribution in [0.5, 0.6) is 0 Å². The van der Waals surface area contributed by atoms with Crippen molar-refractivity contribution in [1.82, 2.24) is 9.80 Å². The van der Waals surface area contributed by atoms with Gasteiger partial charge in [0.2, 0.25) is 5.91 Å². The lowest BCUT2D eigenvalue weighted by Crippen LogP contribution is -2.58. The molecule has 0 atom stereocenters. The molecule has 41 heavy (non-hydrogen) atoms. The lowest BCUT2D eigenvalue weighted by atomic mass is 9.85. The highest BCUT2D eigenvalue weighted by atomic mass is 19.4. The third-order valence-electron chi connectivity index (χ3n) is 7.36. The Labute approximate surface area is 233 Å². The Bertz CT molecular complexity index is 1420. The van der Waals surface area contributed by atoms with Crippen LogP contribution in [0.25, 0.3) is 0 Å². The normalized spacial score (nSPS) is 16.7. The molecule has 2 saturated heterocycles. The van der Waals surface area contributed by atoms with Crippen LogP contribution in [0.2, 0.25) is 0 Å². The summed E-state index contributed by atoms with van der Waals surface area (Å²) in [4.78, 5) is 44.4. The van der Waals surface area contributed by atoms with E-state index in [1.807, 2.05) is 35.2 Å². The van der Waals surface area contributed by atoms with Gasteiger partial charge < -0.3 is 25.3 Å². The molecule has 3 aromatic carbocycles. The molecule has 2 aliphatic rings. The largest absolute Gasteiger partial charge is 0.416 e. The minimum Gasteiger partial charge on any atom is -0.339 e. The van der Waals surface area contributed by atoms with Gasteiger partial charge in [-0.3, -0.25) is 9.59 Å². The van der Waals surface area contributed by atoms with Crippen molar-refractivity contribution in [2.75, 3.05) is 41.8 Å². The van der Waals surface area contributed by atoms with Gasteiger partial charge in [0, 0.05) is 30.2 Å². The molecule has 0 saturated carbocycles. The molecule has 2 heterocycles. The van der Waals surface area contributed by atoms with Gasteiger partial charge in [0.25, 0.3) is 5.91 Å². The Morgan fingerprint density at radius 1 is 0.854 bits per heavy atom. The number of carbonyl (C=O) groups excluding carboxylic acids is 3. The van der Waals surface area contributed by atoms with Gasteiger partial charge in [0.15, 0.2) is 0 Å². The summed E-state index contributed by atoms with van der Waals surface area (Å²) in [5.74, 6) is -1.13. The van der Waals surface area contributed by atoms with Crippen LogP contribution in [0.1, 0.15) is 18.4 Å². The number of anilines is 3. The van der Waals surface area contributed by atoms with Crippen molar-refractivity contribution in [2.24, 2.45) is 0 Å². The monoisotopic (exact) mass is 569 g/mol. The highest BCUT2D eigenvalue weighted by molar-refractivity contribution is 5.99. The molecule has 0 radical (unpaired) electrons. The fourth-order valence-electron chi connectivity index (χ4n) is 5.28. The number of likely N-dealkylation sites (tertiary alicyclic amines) is 1.